The normalized spacial score (nSPS) is 23.1. The summed E-state index contributed by atoms with van der Waals surface area (Å²) < 4.78 is 5.12. The number of hydrogen-bond donors (Lipinski definition) is 2. The Hall–Kier alpha value is -1.30. The molecule has 6 heteroatoms. The van der Waals surface area contributed by atoms with Gasteiger partial charge in [-0.25, -0.2) is 9.59 Å². The highest BCUT2D eigenvalue weighted by molar-refractivity contribution is 5.87. The third kappa shape index (κ3) is 4.09. The van der Waals surface area contributed by atoms with Crippen molar-refractivity contribution in [1.29, 1.82) is 0 Å². The summed E-state index contributed by atoms with van der Waals surface area (Å²) in [6.07, 6.45) is 4.27. The van der Waals surface area contributed by atoms with Crippen molar-refractivity contribution in [3.05, 3.63) is 0 Å². The first-order valence-electron chi connectivity index (χ1n) is 7.82. The first-order valence-corrected chi connectivity index (χ1v) is 7.82. The van der Waals surface area contributed by atoms with Gasteiger partial charge in [0.25, 0.3) is 0 Å². The van der Waals surface area contributed by atoms with Gasteiger partial charge in [-0.1, -0.05) is 26.7 Å². The number of aliphatic carboxylic acids is 1. The van der Waals surface area contributed by atoms with Gasteiger partial charge in [0, 0.05) is 13.7 Å². The van der Waals surface area contributed by atoms with E-state index in [0.29, 0.717) is 26.0 Å². The lowest BCUT2D eigenvalue weighted by Gasteiger charge is -2.35. The minimum Gasteiger partial charge on any atom is -0.479 e. The molecular weight excluding hydrogens is 272 g/mol. The molecule has 1 saturated heterocycles. The Morgan fingerprint density at radius 3 is 2.62 bits per heavy atom. The van der Waals surface area contributed by atoms with Gasteiger partial charge < -0.3 is 20.1 Å². The molecule has 2 unspecified atom stereocenters. The lowest BCUT2D eigenvalue weighted by atomic mass is 9.91. The topological polar surface area (TPSA) is 78.9 Å². The second-order valence-electron chi connectivity index (χ2n) is 5.73. The van der Waals surface area contributed by atoms with Crippen LogP contribution in [0.1, 0.15) is 52.4 Å². The number of hydrogen-bond acceptors (Lipinski definition) is 3. The monoisotopic (exact) mass is 300 g/mol. The first kappa shape index (κ1) is 17.8. The second-order valence-corrected chi connectivity index (χ2v) is 5.73. The highest BCUT2D eigenvalue weighted by Gasteiger charge is 2.49. The average molecular weight is 300 g/mol. The van der Waals surface area contributed by atoms with E-state index in [1.807, 2.05) is 13.8 Å². The minimum atomic E-state index is -1.04. The molecule has 2 atom stereocenters. The van der Waals surface area contributed by atoms with Crippen molar-refractivity contribution in [2.75, 3.05) is 20.3 Å². The van der Waals surface area contributed by atoms with Crippen LogP contribution in [0.25, 0.3) is 0 Å². The summed E-state index contributed by atoms with van der Waals surface area (Å²) in [7, 11) is 1.60. The molecule has 2 amide bonds. The lowest BCUT2D eigenvalue weighted by Crippen LogP contribution is -2.57. The summed E-state index contributed by atoms with van der Waals surface area (Å²) in [5, 5.41) is 12.5. The van der Waals surface area contributed by atoms with E-state index >= 15 is 0 Å². The third-order valence-electron chi connectivity index (χ3n) is 4.13. The molecule has 21 heavy (non-hydrogen) atoms. The fraction of sp³-hybridized carbons (Fsp3) is 0.867. The van der Waals surface area contributed by atoms with Crippen molar-refractivity contribution in [2.45, 2.75) is 64.0 Å². The number of ether oxygens (including phenoxy) is 1. The molecule has 0 radical (unpaired) electrons. The number of urea groups is 1. The lowest BCUT2D eigenvalue weighted by molar-refractivity contribution is -0.148. The van der Waals surface area contributed by atoms with Crippen molar-refractivity contribution >= 4 is 12.0 Å². The number of rotatable bonds is 8. The molecule has 0 aromatic carbocycles. The van der Waals surface area contributed by atoms with E-state index in [4.69, 9.17) is 4.74 Å². The fourth-order valence-electron chi connectivity index (χ4n) is 3.18. The summed E-state index contributed by atoms with van der Waals surface area (Å²) in [6, 6.07) is -0.347. The Morgan fingerprint density at radius 1 is 1.38 bits per heavy atom. The maximum atomic E-state index is 12.5. The standard InChI is InChI=1S/C15H28N2O4/c1-4-7-12(11-21-3)16-14(20)17-10-6-9-15(17,8-5-2)13(18)19/h12H,4-11H2,1-3H3,(H,16,20)(H,18,19). The van der Waals surface area contributed by atoms with Crippen molar-refractivity contribution in [3.8, 4) is 0 Å². The van der Waals surface area contributed by atoms with Crippen LogP contribution in [-0.4, -0.2) is 53.8 Å². The van der Waals surface area contributed by atoms with Crippen LogP contribution in [0.4, 0.5) is 4.79 Å². The number of carboxylic acids is 1. The number of carboxylic acid groups (broad SMARTS) is 1. The molecule has 1 aliphatic heterocycles. The van der Waals surface area contributed by atoms with E-state index in [-0.39, 0.29) is 12.1 Å². The predicted octanol–water partition coefficient (Wildman–Crippen LogP) is 2.23. The molecule has 1 aliphatic rings. The molecule has 0 aromatic heterocycles. The molecule has 0 saturated carbocycles. The quantitative estimate of drug-likeness (QED) is 0.720. The summed E-state index contributed by atoms with van der Waals surface area (Å²) in [5.41, 5.74) is -1.04. The first-order chi connectivity index (χ1) is 10.0. The molecule has 1 fully saturated rings. The molecule has 2 N–H and O–H groups in total. The van der Waals surface area contributed by atoms with Gasteiger partial charge in [-0.15, -0.1) is 0 Å². The summed E-state index contributed by atoms with van der Waals surface area (Å²) >= 11 is 0. The number of nitrogens with one attached hydrogen (secondary N) is 1. The summed E-state index contributed by atoms with van der Waals surface area (Å²) in [6.45, 7) is 4.94. The summed E-state index contributed by atoms with van der Waals surface area (Å²) in [4.78, 5) is 25.7. The number of carbonyl (C=O) groups is 2. The molecule has 0 aliphatic carbocycles. The number of amides is 2. The van der Waals surface area contributed by atoms with Gasteiger partial charge in [-0.05, 0) is 25.7 Å². The van der Waals surface area contributed by atoms with Crippen LogP contribution < -0.4 is 5.32 Å². The van der Waals surface area contributed by atoms with Crippen LogP contribution in [0.3, 0.4) is 0 Å². The van der Waals surface area contributed by atoms with Crippen LogP contribution in [0, 0.1) is 0 Å². The zero-order chi connectivity index (χ0) is 15.9. The van der Waals surface area contributed by atoms with Gasteiger partial charge in [0.2, 0.25) is 0 Å². The van der Waals surface area contributed by atoms with Gasteiger partial charge in [0.15, 0.2) is 0 Å². The number of methoxy groups -OCH3 is 1. The Kier molecular flexibility index (Phi) is 6.95. The van der Waals surface area contributed by atoms with Crippen molar-refractivity contribution < 1.29 is 19.4 Å². The highest BCUT2D eigenvalue weighted by Crippen LogP contribution is 2.34. The zero-order valence-electron chi connectivity index (χ0n) is 13.4. The number of nitrogens with zero attached hydrogens (tertiary/aromatic N) is 1. The Morgan fingerprint density at radius 2 is 2.10 bits per heavy atom. The minimum absolute atomic E-state index is 0.0683. The molecule has 0 aromatic rings. The van der Waals surface area contributed by atoms with Crippen LogP contribution in [0.2, 0.25) is 0 Å². The number of carbonyl (C=O) groups excluding carboxylic acids is 1. The van der Waals surface area contributed by atoms with Crippen LogP contribution in [-0.2, 0) is 9.53 Å². The Balaban J connectivity index is 2.80. The molecule has 0 bridgehead atoms. The summed E-state index contributed by atoms with van der Waals surface area (Å²) in [5.74, 6) is -0.893. The Labute approximate surface area is 126 Å². The van der Waals surface area contributed by atoms with Gasteiger partial charge in [0.05, 0.1) is 12.6 Å². The Bertz CT molecular complexity index is 356. The van der Waals surface area contributed by atoms with E-state index in [1.54, 1.807) is 7.11 Å². The average Bonchev–Trinajstić information content (AvgIpc) is 2.85. The van der Waals surface area contributed by atoms with E-state index in [2.05, 4.69) is 5.32 Å². The van der Waals surface area contributed by atoms with Gasteiger partial charge in [0.1, 0.15) is 5.54 Å². The maximum Gasteiger partial charge on any atom is 0.329 e. The van der Waals surface area contributed by atoms with Crippen LogP contribution in [0.5, 0.6) is 0 Å². The SMILES string of the molecule is CCCC(COC)NC(=O)N1CCCC1(CCC)C(=O)O. The predicted molar refractivity (Wildman–Crippen MR) is 80.3 cm³/mol. The van der Waals surface area contributed by atoms with Gasteiger partial charge in [-0.2, -0.15) is 0 Å². The highest BCUT2D eigenvalue weighted by atomic mass is 16.5. The zero-order valence-corrected chi connectivity index (χ0v) is 13.4. The van der Waals surface area contributed by atoms with E-state index in [9.17, 15) is 14.7 Å². The number of likely N-dealkylation sites (tertiary alicyclic amines) is 1. The van der Waals surface area contributed by atoms with Crippen LogP contribution >= 0.6 is 0 Å². The molecule has 1 heterocycles. The molecule has 6 nitrogen and oxygen atoms in total. The second kappa shape index (κ2) is 8.22. The van der Waals surface area contributed by atoms with Crippen molar-refractivity contribution in [2.24, 2.45) is 0 Å². The van der Waals surface area contributed by atoms with Gasteiger partial charge >= 0.3 is 12.0 Å². The molecule has 0 spiro atoms. The van der Waals surface area contributed by atoms with Crippen molar-refractivity contribution in [3.63, 3.8) is 0 Å². The third-order valence-corrected chi connectivity index (χ3v) is 4.13. The smallest absolute Gasteiger partial charge is 0.329 e. The van der Waals surface area contributed by atoms with E-state index < -0.39 is 11.5 Å². The van der Waals surface area contributed by atoms with Crippen LogP contribution in [0.15, 0.2) is 0 Å². The fourth-order valence-corrected chi connectivity index (χ4v) is 3.18. The van der Waals surface area contributed by atoms with E-state index in [1.165, 1.54) is 4.90 Å². The van der Waals surface area contributed by atoms with Gasteiger partial charge in [-0.3, -0.25) is 0 Å². The molecule has 122 valence electrons. The maximum absolute atomic E-state index is 12.5. The molecular formula is C15H28N2O4. The largest absolute Gasteiger partial charge is 0.479 e. The van der Waals surface area contributed by atoms with Crippen molar-refractivity contribution in [1.82, 2.24) is 10.2 Å². The molecule has 1 rings (SSSR count). The van der Waals surface area contributed by atoms with E-state index in [0.717, 1.165) is 25.7 Å².